The molecular formula is C28H40N2O2. The van der Waals surface area contributed by atoms with Crippen LogP contribution in [0.5, 0.6) is 5.75 Å². The van der Waals surface area contributed by atoms with Crippen LogP contribution in [0.25, 0.3) is 0 Å². The fourth-order valence-electron chi connectivity index (χ4n) is 4.28. The molecule has 2 aromatic rings. The van der Waals surface area contributed by atoms with Crippen molar-refractivity contribution >= 4 is 5.91 Å². The molecular weight excluding hydrogens is 396 g/mol. The highest BCUT2D eigenvalue weighted by Crippen LogP contribution is 2.28. The summed E-state index contributed by atoms with van der Waals surface area (Å²) in [6.45, 7) is 12.3. The smallest absolute Gasteiger partial charge is 0.255 e. The van der Waals surface area contributed by atoms with Gasteiger partial charge in [0, 0.05) is 6.54 Å². The maximum atomic E-state index is 13.1. The van der Waals surface area contributed by atoms with Crippen LogP contribution >= 0.6 is 0 Å². The molecule has 2 aromatic carbocycles. The van der Waals surface area contributed by atoms with Crippen LogP contribution in [0.3, 0.4) is 0 Å². The molecule has 0 spiro atoms. The monoisotopic (exact) mass is 436 g/mol. The van der Waals surface area contributed by atoms with E-state index in [-0.39, 0.29) is 17.4 Å². The van der Waals surface area contributed by atoms with Crippen LogP contribution in [0.2, 0.25) is 0 Å². The molecule has 1 aliphatic heterocycles. The van der Waals surface area contributed by atoms with Crippen molar-refractivity contribution in [3.05, 3.63) is 65.2 Å². The second-order valence-corrected chi connectivity index (χ2v) is 9.89. The molecule has 0 aromatic heterocycles. The van der Waals surface area contributed by atoms with Gasteiger partial charge in [0.2, 0.25) is 0 Å². The van der Waals surface area contributed by atoms with Gasteiger partial charge >= 0.3 is 0 Å². The molecule has 1 amide bonds. The van der Waals surface area contributed by atoms with Crippen molar-refractivity contribution in [3.8, 4) is 5.75 Å². The van der Waals surface area contributed by atoms with Crippen LogP contribution in [0.15, 0.2) is 48.5 Å². The number of benzene rings is 2. The number of para-hydroxylation sites is 1. The lowest BCUT2D eigenvalue weighted by Gasteiger charge is -2.35. The third-order valence-electron chi connectivity index (χ3n) is 6.34. The zero-order valence-corrected chi connectivity index (χ0v) is 20.3. The van der Waals surface area contributed by atoms with Crippen LogP contribution in [-0.4, -0.2) is 37.0 Å². The van der Waals surface area contributed by atoms with Gasteiger partial charge in [-0.05, 0) is 61.0 Å². The molecule has 1 fully saturated rings. The maximum absolute atomic E-state index is 13.1. The molecule has 174 valence electrons. The van der Waals surface area contributed by atoms with Gasteiger partial charge < -0.3 is 10.1 Å². The second-order valence-electron chi connectivity index (χ2n) is 9.89. The van der Waals surface area contributed by atoms with Crippen molar-refractivity contribution in [2.75, 3.05) is 26.2 Å². The Balaban J connectivity index is 1.74. The number of nitrogens with zero attached hydrogens (tertiary/aromatic N) is 1. The average molecular weight is 437 g/mol. The minimum atomic E-state index is -0.0644. The molecule has 1 aliphatic rings. The quantitative estimate of drug-likeness (QED) is 0.482. The van der Waals surface area contributed by atoms with E-state index in [4.69, 9.17) is 4.74 Å². The maximum Gasteiger partial charge on any atom is 0.255 e. The van der Waals surface area contributed by atoms with Crippen LogP contribution in [-0.2, 0) is 5.41 Å². The highest BCUT2D eigenvalue weighted by Gasteiger charge is 2.24. The number of rotatable bonds is 9. The molecule has 32 heavy (non-hydrogen) atoms. The molecule has 1 N–H and O–H groups in total. The first kappa shape index (κ1) is 24.3. The molecule has 1 heterocycles. The van der Waals surface area contributed by atoms with Gasteiger partial charge in [-0.1, -0.05) is 76.9 Å². The Hall–Kier alpha value is -2.33. The number of carbonyl (C=O) groups excluding carboxylic acids is 1. The molecule has 1 atom stereocenters. The lowest BCUT2D eigenvalue weighted by Crippen LogP contribution is -2.40. The molecule has 4 heteroatoms. The summed E-state index contributed by atoms with van der Waals surface area (Å²) in [7, 11) is 0. The number of likely N-dealkylation sites (tertiary alicyclic amines) is 1. The zero-order valence-electron chi connectivity index (χ0n) is 20.3. The summed E-state index contributed by atoms with van der Waals surface area (Å²) >= 11 is 0. The molecule has 4 nitrogen and oxygen atoms in total. The minimum absolute atomic E-state index is 0.0644. The summed E-state index contributed by atoms with van der Waals surface area (Å²) < 4.78 is 5.88. The van der Waals surface area contributed by atoms with E-state index < -0.39 is 0 Å². The standard InChI is InChI=1S/C28H40N2O2/c1-5-6-20-32-26-13-9-8-12-24(26)27(31)29-21-25(30-18-10-7-11-19-30)22-14-16-23(17-15-22)28(2,3)4/h8-9,12-17,25H,5-7,10-11,18-21H2,1-4H3,(H,29,31)/t25-/m0/s1. The lowest BCUT2D eigenvalue weighted by molar-refractivity contribution is 0.0920. The molecule has 0 saturated carbocycles. The number of carbonyl (C=O) groups is 1. The average Bonchev–Trinajstić information content (AvgIpc) is 2.80. The normalized spacial score (nSPS) is 15.9. The Labute approximate surface area is 194 Å². The number of hydrogen-bond acceptors (Lipinski definition) is 3. The summed E-state index contributed by atoms with van der Waals surface area (Å²) in [6, 6.07) is 16.7. The van der Waals surface area contributed by atoms with Gasteiger partial charge in [-0.3, -0.25) is 9.69 Å². The van der Waals surface area contributed by atoms with Gasteiger partial charge in [0.1, 0.15) is 5.75 Å². The van der Waals surface area contributed by atoms with Crippen LogP contribution in [0.1, 0.15) is 87.3 Å². The van der Waals surface area contributed by atoms with E-state index >= 15 is 0 Å². The van der Waals surface area contributed by atoms with Crippen molar-refractivity contribution in [3.63, 3.8) is 0 Å². The molecule has 0 unspecified atom stereocenters. The Morgan fingerprint density at radius 2 is 1.72 bits per heavy atom. The van der Waals surface area contributed by atoms with Crippen LogP contribution in [0, 0.1) is 0 Å². The number of nitrogens with one attached hydrogen (secondary N) is 1. The third-order valence-corrected chi connectivity index (χ3v) is 6.34. The fraction of sp³-hybridized carbons (Fsp3) is 0.536. The summed E-state index contributed by atoms with van der Waals surface area (Å²) in [6.07, 6.45) is 5.79. The first-order valence-electron chi connectivity index (χ1n) is 12.2. The van der Waals surface area contributed by atoms with Crippen LogP contribution in [0.4, 0.5) is 0 Å². The molecule has 0 bridgehead atoms. The van der Waals surface area contributed by atoms with Gasteiger partial charge in [0.05, 0.1) is 18.2 Å². The van der Waals surface area contributed by atoms with E-state index in [0.29, 0.717) is 24.5 Å². The number of ether oxygens (including phenoxy) is 1. The van der Waals surface area contributed by atoms with Gasteiger partial charge in [-0.2, -0.15) is 0 Å². The predicted molar refractivity (Wildman–Crippen MR) is 132 cm³/mol. The van der Waals surface area contributed by atoms with E-state index in [9.17, 15) is 4.79 Å². The number of unbranched alkanes of at least 4 members (excludes halogenated alkanes) is 1. The molecule has 0 radical (unpaired) electrons. The van der Waals surface area contributed by atoms with Crippen molar-refractivity contribution < 1.29 is 9.53 Å². The zero-order chi connectivity index (χ0) is 23.0. The van der Waals surface area contributed by atoms with Crippen molar-refractivity contribution in [1.82, 2.24) is 10.2 Å². The SMILES string of the molecule is CCCCOc1ccccc1C(=O)NC[C@@H](c1ccc(C(C)(C)C)cc1)N1CCCCC1. The Kier molecular flexibility index (Phi) is 8.75. The summed E-state index contributed by atoms with van der Waals surface area (Å²) in [5.74, 6) is 0.605. The van der Waals surface area contributed by atoms with E-state index in [1.165, 1.54) is 30.4 Å². The van der Waals surface area contributed by atoms with Crippen molar-refractivity contribution in [2.24, 2.45) is 0 Å². The fourth-order valence-corrected chi connectivity index (χ4v) is 4.28. The second kappa shape index (κ2) is 11.5. The molecule has 0 aliphatic carbocycles. The molecule has 1 saturated heterocycles. The van der Waals surface area contributed by atoms with Gasteiger partial charge in [0.25, 0.3) is 5.91 Å². The van der Waals surface area contributed by atoms with Crippen molar-refractivity contribution in [2.45, 2.75) is 71.3 Å². The highest BCUT2D eigenvalue weighted by molar-refractivity contribution is 5.96. The largest absolute Gasteiger partial charge is 0.493 e. The van der Waals surface area contributed by atoms with E-state index in [2.05, 4.69) is 62.2 Å². The van der Waals surface area contributed by atoms with Crippen molar-refractivity contribution in [1.29, 1.82) is 0 Å². The summed E-state index contributed by atoms with van der Waals surface area (Å²) in [4.78, 5) is 15.6. The van der Waals surface area contributed by atoms with E-state index in [1.807, 2.05) is 24.3 Å². The van der Waals surface area contributed by atoms with Gasteiger partial charge in [0.15, 0.2) is 0 Å². The Bertz CT molecular complexity index is 848. The lowest BCUT2D eigenvalue weighted by atomic mass is 9.86. The van der Waals surface area contributed by atoms with E-state index in [0.717, 1.165) is 25.9 Å². The molecule has 3 rings (SSSR count). The summed E-state index contributed by atoms with van der Waals surface area (Å²) in [5, 5.41) is 3.21. The third kappa shape index (κ3) is 6.59. The minimum Gasteiger partial charge on any atom is -0.493 e. The topological polar surface area (TPSA) is 41.6 Å². The Morgan fingerprint density at radius 1 is 1.03 bits per heavy atom. The Morgan fingerprint density at radius 3 is 2.38 bits per heavy atom. The number of piperidine rings is 1. The van der Waals surface area contributed by atoms with Gasteiger partial charge in [-0.15, -0.1) is 0 Å². The predicted octanol–water partition coefficient (Wildman–Crippen LogP) is 6.12. The van der Waals surface area contributed by atoms with E-state index in [1.54, 1.807) is 0 Å². The summed E-state index contributed by atoms with van der Waals surface area (Å²) in [5.41, 5.74) is 3.35. The first-order chi connectivity index (χ1) is 15.4. The number of hydrogen-bond donors (Lipinski definition) is 1. The van der Waals surface area contributed by atoms with Crippen LogP contribution < -0.4 is 10.1 Å². The number of amides is 1. The highest BCUT2D eigenvalue weighted by atomic mass is 16.5. The first-order valence-corrected chi connectivity index (χ1v) is 12.2. The van der Waals surface area contributed by atoms with Gasteiger partial charge in [-0.25, -0.2) is 0 Å².